The Bertz CT molecular complexity index is 1390. The maximum atomic E-state index is 13.2. The Hall–Kier alpha value is -3.28. The van der Waals surface area contributed by atoms with Gasteiger partial charge in [0.2, 0.25) is 5.89 Å². The summed E-state index contributed by atoms with van der Waals surface area (Å²) in [7, 11) is 0. The van der Waals surface area contributed by atoms with Crippen molar-refractivity contribution in [3.05, 3.63) is 42.0 Å². The summed E-state index contributed by atoms with van der Waals surface area (Å²) in [5.74, 6) is 0.821. The lowest BCUT2D eigenvalue weighted by molar-refractivity contribution is 0.102. The second-order valence-electron chi connectivity index (χ2n) is 9.14. The number of piperidine rings is 1. The number of anilines is 3. The highest BCUT2D eigenvalue weighted by Crippen LogP contribution is 2.35. The highest BCUT2D eigenvalue weighted by molar-refractivity contribution is 7.22. The molecule has 10 nitrogen and oxygen atoms in total. The van der Waals surface area contributed by atoms with Crippen molar-refractivity contribution >= 4 is 56.6 Å². The Kier molecular flexibility index (Phi) is 7.54. The highest BCUT2D eigenvalue weighted by atomic mass is 35.5. The third-order valence-electron chi connectivity index (χ3n) is 6.52. The summed E-state index contributed by atoms with van der Waals surface area (Å²) in [5.41, 5.74) is 3.25. The number of aryl methyl sites for hydroxylation is 1. The van der Waals surface area contributed by atoms with Crippen LogP contribution >= 0.6 is 23.7 Å². The van der Waals surface area contributed by atoms with Crippen LogP contribution in [0.25, 0.3) is 21.8 Å². The van der Waals surface area contributed by atoms with Gasteiger partial charge in [-0.2, -0.15) is 4.98 Å². The summed E-state index contributed by atoms with van der Waals surface area (Å²) in [5, 5.41) is 7.41. The molecule has 0 unspecified atom stereocenters. The van der Waals surface area contributed by atoms with Crippen LogP contribution in [0.3, 0.4) is 0 Å². The molecule has 2 aliphatic heterocycles. The number of nitrogens with zero attached hydrogens (tertiary/aromatic N) is 6. The molecule has 2 fully saturated rings. The summed E-state index contributed by atoms with van der Waals surface area (Å²) in [6.45, 7) is 7.46. The molecule has 4 aromatic heterocycles. The van der Waals surface area contributed by atoms with Crippen LogP contribution in [0.2, 0.25) is 0 Å². The average Bonchev–Trinajstić information content (AvgIpc) is 3.57. The molecule has 0 atom stereocenters. The van der Waals surface area contributed by atoms with Crippen LogP contribution in [0.1, 0.15) is 35.4 Å². The minimum absolute atomic E-state index is 0. The van der Waals surface area contributed by atoms with Gasteiger partial charge < -0.3 is 24.9 Å². The average molecular weight is 541 g/mol. The topological polar surface area (TPSA) is 112 Å². The van der Waals surface area contributed by atoms with Crippen molar-refractivity contribution in [3.63, 3.8) is 0 Å². The fourth-order valence-electron chi connectivity index (χ4n) is 4.65. The standard InChI is InChI=1S/C25H28N8O2S.ClH/c1-16-13-17(5-6-27-16)24-29-19(15-35-24)23(34)28-18-14-20-21(30-22(18)32-9-3-2-4-10-32)31-25(36-20)33-11-7-26-8-12-33;/h5-6,13-15,26H,2-4,7-12H2,1H3,(H,28,34);1H. The monoisotopic (exact) mass is 540 g/mol. The first-order valence-corrected chi connectivity index (χ1v) is 13.2. The lowest BCUT2D eigenvalue weighted by atomic mass is 10.1. The number of halogens is 1. The summed E-state index contributed by atoms with van der Waals surface area (Å²) in [6, 6.07) is 5.69. The summed E-state index contributed by atoms with van der Waals surface area (Å²) in [6.07, 6.45) is 6.51. The minimum atomic E-state index is -0.331. The van der Waals surface area contributed by atoms with Crippen LogP contribution in [-0.4, -0.2) is 65.1 Å². The van der Waals surface area contributed by atoms with Gasteiger partial charge in [-0.3, -0.25) is 9.78 Å². The van der Waals surface area contributed by atoms with E-state index >= 15 is 0 Å². The Balaban J connectivity index is 0.00000280. The van der Waals surface area contributed by atoms with Gasteiger partial charge in [0, 0.05) is 56.7 Å². The number of hydrogen-bond donors (Lipinski definition) is 2. The molecule has 2 saturated heterocycles. The van der Waals surface area contributed by atoms with E-state index in [4.69, 9.17) is 14.4 Å². The number of aromatic nitrogens is 4. The van der Waals surface area contributed by atoms with E-state index < -0.39 is 0 Å². The molecule has 4 aromatic rings. The van der Waals surface area contributed by atoms with Crippen molar-refractivity contribution in [1.82, 2.24) is 25.3 Å². The lowest BCUT2D eigenvalue weighted by Gasteiger charge is -2.29. The van der Waals surface area contributed by atoms with E-state index in [-0.39, 0.29) is 24.0 Å². The van der Waals surface area contributed by atoms with Gasteiger partial charge in [0.05, 0.1) is 10.4 Å². The smallest absolute Gasteiger partial charge is 0.277 e. The second kappa shape index (κ2) is 11.0. The molecule has 0 bridgehead atoms. The van der Waals surface area contributed by atoms with Crippen LogP contribution in [0.15, 0.2) is 35.1 Å². The first-order valence-electron chi connectivity index (χ1n) is 12.4. The SMILES string of the molecule is Cc1cc(-c2nc(C(=O)Nc3cc4sc(N5CCNCC5)nc4nc3N3CCCCC3)co2)ccn1.Cl. The molecule has 6 rings (SSSR count). The molecular formula is C25H29ClN8O2S. The zero-order valence-corrected chi connectivity index (χ0v) is 22.2. The number of fused-ring (bicyclic) bond motifs is 1. The van der Waals surface area contributed by atoms with Crippen molar-refractivity contribution in [2.45, 2.75) is 26.2 Å². The maximum Gasteiger partial charge on any atom is 0.277 e. The predicted octanol–water partition coefficient (Wildman–Crippen LogP) is 4.12. The number of carbonyl (C=O) groups is 1. The van der Waals surface area contributed by atoms with E-state index in [2.05, 4.69) is 30.4 Å². The molecule has 0 aromatic carbocycles. The summed E-state index contributed by atoms with van der Waals surface area (Å²) < 4.78 is 6.56. The Labute approximate surface area is 224 Å². The van der Waals surface area contributed by atoms with Crippen LogP contribution in [0.4, 0.5) is 16.6 Å². The predicted molar refractivity (Wildman–Crippen MR) is 148 cm³/mol. The zero-order chi connectivity index (χ0) is 24.5. The number of carbonyl (C=O) groups excluding carboxylic acids is 1. The number of pyridine rings is 2. The Morgan fingerprint density at radius 2 is 1.86 bits per heavy atom. The van der Waals surface area contributed by atoms with E-state index in [1.807, 2.05) is 25.1 Å². The van der Waals surface area contributed by atoms with Crippen molar-refractivity contribution < 1.29 is 9.21 Å². The molecule has 37 heavy (non-hydrogen) atoms. The quantitative estimate of drug-likeness (QED) is 0.386. The largest absolute Gasteiger partial charge is 0.444 e. The molecule has 2 N–H and O–H groups in total. The first kappa shape index (κ1) is 25.4. The molecule has 0 aliphatic carbocycles. The molecule has 12 heteroatoms. The van der Waals surface area contributed by atoms with Crippen LogP contribution < -0.4 is 20.4 Å². The van der Waals surface area contributed by atoms with Crippen molar-refractivity contribution in [2.24, 2.45) is 0 Å². The van der Waals surface area contributed by atoms with E-state index in [1.54, 1.807) is 17.5 Å². The van der Waals surface area contributed by atoms with Gasteiger partial charge >= 0.3 is 0 Å². The van der Waals surface area contributed by atoms with Gasteiger partial charge in [-0.05, 0) is 44.4 Å². The van der Waals surface area contributed by atoms with Gasteiger partial charge in [0.25, 0.3) is 5.91 Å². The number of amides is 1. The summed E-state index contributed by atoms with van der Waals surface area (Å²) in [4.78, 5) is 36.2. The van der Waals surface area contributed by atoms with E-state index in [9.17, 15) is 4.79 Å². The molecular weight excluding hydrogens is 512 g/mol. The number of oxazole rings is 1. The van der Waals surface area contributed by atoms with Gasteiger partial charge in [0.1, 0.15) is 6.26 Å². The highest BCUT2D eigenvalue weighted by Gasteiger charge is 2.23. The fraction of sp³-hybridized carbons (Fsp3) is 0.400. The van der Waals surface area contributed by atoms with Crippen molar-refractivity contribution in [1.29, 1.82) is 0 Å². The molecule has 6 heterocycles. The van der Waals surface area contributed by atoms with E-state index in [1.165, 1.54) is 12.7 Å². The van der Waals surface area contributed by atoms with Crippen molar-refractivity contribution in [3.8, 4) is 11.5 Å². The minimum Gasteiger partial charge on any atom is -0.444 e. The van der Waals surface area contributed by atoms with Crippen LogP contribution in [-0.2, 0) is 0 Å². The molecule has 0 saturated carbocycles. The number of nitrogens with one attached hydrogen (secondary N) is 2. The first-order chi connectivity index (χ1) is 17.6. The molecule has 1 amide bonds. The van der Waals surface area contributed by atoms with Crippen LogP contribution in [0.5, 0.6) is 0 Å². The molecule has 194 valence electrons. The second-order valence-corrected chi connectivity index (χ2v) is 10.1. The number of thiazole rings is 1. The number of hydrogen-bond acceptors (Lipinski definition) is 10. The number of piperazine rings is 1. The third kappa shape index (κ3) is 5.39. The maximum absolute atomic E-state index is 13.2. The molecule has 2 aliphatic rings. The van der Waals surface area contributed by atoms with Gasteiger partial charge in [-0.1, -0.05) is 11.3 Å². The zero-order valence-electron chi connectivity index (χ0n) is 20.6. The van der Waals surface area contributed by atoms with Crippen LogP contribution in [0, 0.1) is 6.92 Å². The number of rotatable bonds is 5. The van der Waals surface area contributed by atoms with Crippen molar-refractivity contribution in [2.75, 3.05) is 54.4 Å². The molecule has 0 spiro atoms. The normalized spacial score (nSPS) is 16.0. The van der Waals surface area contributed by atoms with Gasteiger partial charge in [0.15, 0.2) is 22.3 Å². The Morgan fingerprint density at radius 3 is 2.65 bits per heavy atom. The fourth-order valence-corrected chi connectivity index (χ4v) is 5.65. The van der Waals surface area contributed by atoms with Gasteiger partial charge in [-0.15, -0.1) is 12.4 Å². The van der Waals surface area contributed by atoms with E-state index in [0.29, 0.717) is 11.6 Å². The summed E-state index contributed by atoms with van der Waals surface area (Å²) >= 11 is 1.61. The molecule has 0 radical (unpaired) electrons. The van der Waals surface area contributed by atoms with E-state index in [0.717, 1.165) is 84.7 Å². The Morgan fingerprint density at radius 1 is 1.05 bits per heavy atom. The third-order valence-corrected chi connectivity index (χ3v) is 7.58. The lowest BCUT2D eigenvalue weighted by Crippen LogP contribution is -2.43. The van der Waals surface area contributed by atoms with Gasteiger partial charge in [-0.25, -0.2) is 9.97 Å².